The van der Waals surface area contributed by atoms with Gasteiger partial charge >= 0.3 is 0 Å². The molecule has 2 amide bonds. The fourth-order valence-electron chi connectivity index (χ4n) is 2.91. The zero-order valence-electron chi connectivity index (χ0n) is 16.4. The predicted molar refractivity (Wildman–Crippen MR) is 118 cm³/mol. The Morgan fingerprint density at radius 2 is 2.10 bits per heavy atom. The molecule has 0 aliphatic carbocycles. The van der Waals surface area contributed by atoms with E-state index in [1.165, 1.54) is 11.8 Å². The van der Waals surface area contributed by atoms with Crippen molar-refractivity contribution < 1.29 is 14.3 Å². The van der Waals surface area contributed by atoms with Crippen molar-refractivity contribution in [1.82, 2.24) is 4.90 Å². The molecule has 0 saturated carbocycles. The number of hydrogen-bond acceptors (Lipinski definition) is 5. The van der Waals surface area contributed by atoms with Crippen LogP contribution in [0.2, 0.25) is 0 Å². The van der Waals surface area contributed by atoms with Crippen LogP contribution in [0.5, 0.6) is 5.75 Å². The van der Waals surface area contributed by atoms with Crippen molar-refractivity contribution in [3.05, 3.63) is 66.7 Å². The molecular weight excluding hydrogens is 386 g/mol. The van der Waals surface area contributed by atoms with Crippen LogP contribution < -0.4 is 10.1 Å². The van der Waals surface area contributed by atoms with Gasteiger partial charge in [0.1, 0.15) is 11.0 Å². The summed E-state index contributed by atoms with van der Waals surface area (Å²) in [5.74, 6) is 0.278. The van der Waals surface area contributed by atoms with Crippen LogP contribution in [0.25, 0.3) is 0 Å². The number of amidine groups is 1. The van der Waals surface area contributed by atoms with Gasteiger partial charge in [-0.25, -0.2) is 4.99 Å². The van der Waals surface area contributed by atoms with Gasteiger partial charge in [-0.1, -0.05) is 36.0 Å². The van der Waals surface area contributed by atoms with E-state index in [0.717, 1.165) is 11.3 Å². The van der Waals surface area contributed by atoms with E-state index in [-0.39, 0.29) is 18.2 Å². The minimum absolute atomic E-state index is 0.0567. The Bertz CT molecular complexity index is 958. The third kappa shape index (κ3) is 5.26. The second-order valence-electron chi connectivity index (χ2n) is 6.56. The highest BCUT2D eigenvalue weighted by molar-refractivity contribution is 8.15. The topological polar surface area (TPSA) is 71.0 Å². The Hall–Kier alpha value is -3.06. The molecule has 3 rings (SSSR count). The smallest absolute Gasteiger partial charge is 0.242 e. The van der Waals surface area contributed by atoms with Crippen LogP contribution in [0.3, 0.4) is 0 Å². The number of benzene rings is 2. The minimum atomic E-state index is -0.524. The Kier molecular flexibility index (Phi) is 6.72. The number of amides is 2. The van der Waals surface area contributed by atoms with E-state index in [4.69, 9.17) is 4.74 Å². The molecule has 1 atom stereocenters. The summed E-state index contributed by atoms with van der Waals surface area (Å²) in [6.45, 7) is 6.06. The number of nitrogens with one attached hydrogen (secondary N) is 1. The Morgan fingerprint density at radius 3 is 2.83 bits per heavy atom. The number of rotatable bonds is 7. The lowest BCUT2D eigenvalue weighted by Crippen LogP contribution is -2.33. The van der Waals surface area contributed by atoms with E-state index in [1.54, 1.807) is 42.4 Å². The van der Waals surface area contributed by atoms with E-state index in [2.05, 4.69) is 16.9 Å². The first-order chi connectivity index (χ1) is 14.0. The minimum Gasteiger partial charge on any atom is -0.497 e. The number of methoxy groups -OCH3 is 1. The van der Waals surface area contributed by atoms with Crippen LogP contribution in [-0.4, -0.2) is 40.8 Å². The van der Waals surface area contributed by atoms with Gasteiger partial charge in [0, 0.05) is 24.7 Å². The van der Waals surface area contributed by atoms with Crippen LogP contribution >= 0.6 is 11.8 Å². The largest absolute Gasteiger partial charge is 0.497 e. The number of hydrogen-bond donors (Lipinski definition) is 1. The molecule has 7 heteroatoms. The van der Waals surface area contributed by atoms with Gasteiger partial charge in [0.15, 0.2) is 5.17 Å². The summed E-state index contributed by atoms with van der Waals surface area (Å²) in [7, 11) is 1.57. The number of thioether (sulfide) groups is 1. The monoisotopic (exact) mass is 409 g/mol. The summed E-state index contributed by atoms with van der Waals surface area (Å²) in [5.41, 5.74) is 2.49. The Balaban J connectivity index is 1.73. The van der Waals surface area contributed by atoms with Crippen molar-refractivity contribution in [3.63, 3.8) is 0 Å². The fraction of sp³-hybridized carbons (Fsp3) is 0.227. The van der Waals surface area contributed by atoms with Crippen LogP contribution in [-0.2, 0) is 9.59 Å². The highest BCUT2D eigenvalue weighted by Gasteiger charge is 2.38. The molecule has 1 aliphatic heterocycles. The van der Waals surface area contributed by atoms with Crippen LogP contribution in [0.4, 0.5) is 11.4 Å². The summed E-state index contributed by atoms with van der Waals surface area (Å²) >= 11 is 1.31. The number of carbonyl (C=O) groups is 2. The van der Waals surface area contributed by atoms with Gasteiger partial charge in [-0.3, -0.25) is 14.5 Å². The van der Waals surface area contributed by atoms with Crippen molar-refractivity contribution >= 4 is 40.1 Å². The maximum Gasteiger partial charge on any atom is 0.242 e. The average Bonchev–Trinajstić information content (AvgIpc) is 2.97. The molecule has 0 radical (unpaired) electrons. The van der Waals surface area contributed by atoms with Crippen molar-refractivity contribution in [2.75, 3.05) is 19.0 Å². The molecule has 0 spiro atoms. The molecule has 6 nitrogen and oxygen atoms in total. The number of aryl methyl sites for hydroxylation is 1. The molecule has 2 aromatic carbocycles. The van der Waals surface area contributed by atoms with Gasteiger partial charge in [-0.2, -0.15) is 0 Å². The zero-order chi connectivity index (χ0) is 20.8. The molecule has 29 heavy (non-hydrogen) atoms. The zero-order valence-corrected chi connectivity index (χ0v) is 17.2. The predicted octanol–water partition coefficient (Wildman–Crippen LogP) is 4.15. The SMILES string of the molecule is C=CCN1C(=O)[C@@H](CC(=O)Nc2cccc(OC)c2)SC1=Nc1cccc(C)c1. The maximum absolute atomic E-state index is 12.8. The lowest BCUT2D eigenvalue weighted by Gasteiger charge is -2.14. The second kappa shape index (κ2) is 9.43. The molecule has 0 unspecified atom stereocenters. The number of aliphatic imine (C=N–C) groups is 1. The summed E-state index contributed by atoms with van der Waals surface area (Å²) < 4.78 is 5.17. The van der Waals surface area contributed by atoms with Gasteiger partial charge in [-0.15, -0.1) is 6.58 Å². The highest BCUT2D eigenvalue weighted by Crippen LogP contribution is 2.32. The molecule has 1 saturated heterocycles. The Labute approximate surface area is 174 Å². The lowest BCUT2D eigenvalue weighted by molar-refractivity contribution is -0.127. The van der Waals surface area contributed by atoms with E-state index < -0.39 is 5.25 Å². The van der Waals surface area contributed by atoms with Crippen molar-refractivity contribution in [2.24, 2.45) is 4.99 Å². The molecule has 150 valence electrons. The molecule has 0 aromatic heterocycles. The van der Waals surface area contributed by atoms with E-state index in [9.17, 15) is 9.59 Å². The van der Waals surface area contributed by atoms with Crippen LogP contribution in [0.1, 0.15) is 12.0 Å². The van der Waals surface area contributed by atoms with Crippen molar-refractivity contribution in [1.29, 1.82) is 0 Å². The summed E-state index contributed by atoms with van der Waals surface area (Å²) in [5, 5.41) is 2.88. The number of carbonyl (C=O) groups excluding carboxylic acids is 2. The molecule has 1 N–H and O–H groups in total. The highest BCUT2D eigenvalue weighted by atomic mass is 32.2. The van der Waals surface area contributed by atoms with Crippen LogP contribution in [0.15, 0.2) is 66.2 Å². The molecule has 1 heterocycles. The average molecular weight is 410 g/mol. The standard InChI is InChI=1S/C22H23N3O3S/c1-4-11-25-21(27)19(29-22(25)24-16-8-5-7-15(2)12-16)14-20(26)23-17-9-6-10-18(13-17)28-3/h4-10,12-13,19H,1,11,14H2,2-3H3,(H,23,26)/t19-/m1/s1. The number of ether oxygens (including phenoxy) is 1. The number of nitrogens with zero attached hydrogens (tertiary/aromatic N) is 2. The van der Waals surface area contributed by atoms with Crippen molar-refractivity contribution in [3.8, 4) is 5.75 Å². The van der Waals surface area contributed by atoms with E-state index in [0.29, 0.717) is 23.1 Å². The third-order valence-corrected chi connectivity index (χ3v) is 5.46. The van der Waals surface area contributed by atoms with E-state index in [1.807, 2.05) is 31.2 Å². The van der Waals surface area contributed by atoms with E-state index >= 15 is 0 Å². The first-order valence-corrected chi connectivity index (χ1v) is 10.1. The summed E-state index contributed by atoms with van der Waals surface area (Å²) in [4.78, 5) is 31.5. The molecule has 0 bridgehead atoms. The third-order valence-electron chi connectivity index (χ3n) is 4.28. The van der Waals surface area contributed by atoms with Gasteiger partial charge < -0.3 is 10.1 Å². The van der Waals surface area contributed by atoms with Gasteiger partial charge in [0.05, 0.1) is 12.8 Å². The van der Waals surface area contributed by atoms with Crippen LogP contribution in [0, 0.1) is 6.92 Å². The first-order valence-electron chi connectivity index (χ1n) is 9.18. The van der Waals surface area contributed by atoms with Gasteiger partial charge in [-0.05, 0) is 36.8 Å². The molecule has 2 aromatic rings. The first kappa shape index (κ1) is 20.7. The normalized spacial score (nSPS) is 17.4. The van der Waals surface area contributed by atoms with Crippen molar-refractivity contribution in [2.45, 2.75) is 18.6 Å². The maximum atomic E-state index is 12.8. The fourth-order valence-corrected chi connectivity index (χ4v) is 4.08. The van der Waals surface area contributed by atoms with Gasteiger partial charge in [0.2, 0.25) is 11.8 Å². The summed E-state index contributed by atoms with van der Waals surface area (Å²) in [6.07, 6.45) is 1.71. The lowest BCUT2D eigenvalue weighted by atomic mass is 10.2. The molecule has 1 aliphatic rings. The Morgan fingerprint density at radius 1 is 1.31 bits per heavy atom. The van der Waals surface area contributed by atoms with Gasteiger partial charge in [0.25, 0.3) is 0 Å². The number of anilines is 1. The second-order valence-corrected chi connectivity index (χ2v) is 7.73. The molecule has 1 fully saturated rings. The quantitative estimate of drug-likeness (QED) is 0.698. The summed E-state index contributed by atoms with van der Waals surface area (Å²) in [6, 6.07) is 14.9. The molecular formula is C22H23N3O3S.